The summed E-state index contributed by atoms with van der Waals surface area (Å²) in [5.74, 6) is 1.13. The SMILES string of the molecule is Cc1cc(NC(=O)C[NH+]2CCC[C@@H]2c2nc3ccccc3s2)no1. The van der Waals surface area contributed by atoms with Crippen molar-refractivity contribution in [3.8, 4) is 0 Å². The summed E-state index contributed by atoms with van der Waals surface area (Å²) in [5, 5.41) is 7.75. The van der Waals surface area contributed by atoms with Gasteiger partial charge in [0.05, 0.1) is 16.8 Å². The molecule has 1 aliphatic heterocycles. The first-order valence-electron chi connectivity index (χ1n) is 8.12. The molecule has 3 aromatic rings. The molecule has 0 aliphatic carbocycles. The molecule has 2 atom stereocenters. The van der Waals surface area contributed by atoms with Crippen LogP contribution in [0, 0.1) is 6.92 Å². The highest BCUT2D eigenvalue weighted by Crippen LogP contribution is 2.28. The molecule has 7 heteroatoms. The maximum Gasteiger partial charge on any atom is 0.280 e. The van der Waals surface area contributed by atoms with Gasteiger partial charge in [0.25, 0.3) is 5.91 Å². The highest BCUT2D eigenvalue weighted by Gasteiger charge is 2.34. The van der Waals surface area contributed by atoms with Crippen LogP contribution in [0.5, 0.6) is 0 Å². The Bertz CT molecular complexity index is 839. The molecule has 0 radical (unpaired) electrons. The van der Waals surface area contributed by atoms with Crippen LogP contribution in [-0.4, -0.2) is 29.1 Å². The van der Waals surface area contributed by atoms with Crippen LogP contribution in [0.3, 0.4) is 0 Å². The minimum atomic E-state index is -0.0358. The first-order chi connectivity index (χ1) is 11.7. The molecule has 2 N–H and O–H groups in total. The van der Waals surface area contributed by atoms with Crippen molar-refractivity contribution in [2.24, 2.45) is 0 Å². The van der Waals surface area contributed by atoms with E-state index < -0.39 is 0 Å². The Morgan fingerprint density at radius 1 is 1.46 bits per heavy atom. The molecule has 0 saturated carbocycles. The van der Waals surface area contributed by atoms with Crippen LogP contribution in [-0.2, 0) is 4.79 Å². The molecule has 1 aromatic carbocycles. The van der Waals surface area contributed by atoms with E-state index in [-0.39, 0.29) is 5.91 Å². The molecule has 1 fully saturated rings. The summed E-state index contributed by atoms with van der Waals surface area (Å²) in [6.45, 7) is 3.22. The Kier molecular flexibility index (Phi) is 4.03. The number of rotatable bonds is 4. The average molecular weight is 343 g/mol. The third-order valence-electron chi connectivity index (χ3n) is 4.38. The number of aryl methyl sites for hydroxylation is 1. The first kappa shape index (κ1) is 15.3. The molecule has 6 nitrogen and oxygen atoms in total. The summed E-state index contributed by atoms with van der Waals surface area (Å²) in [4.78, 5) is 18.3. The van der Waals surface area contributed by atoms with Gasteiger partial charge in [0, 0.05) is 18.9 Å². The fraction of sp³-hybridized carbons (Fsp3) is 0.353. The number of hydrogen-bond donors (Lipinski definition) is 2. The normalized spacial score (nSPS) is 20.5. The number of quaternary nitrogens is 1. The first-order valence-corrected chi connectivity index (χ1v) is 8.94. The average Bonchev–Trinajstić information content (AvgIpc) is 3.26. The van der Waals surface area contributed by atoms with E-state index in [4.69, 9.17) is 9.51 Å². The molecule has 3 heterocycles. The minimum Gasteiger partial charge on any atom is -0.360 e. The second kappa shape index (κ2) is 6.33. The Balaban J connectivity index is 1.47. The quantitative estimate of drug-likeness (QED) is 0.759. The largest absolute Gasteiger partial charge is 0.360 e. The van der Waals surface area contributed by atoms with Gasteiger partial charge < -0.3 is 14.7 Å². The van der Waals surface area contributed by atoms with Crippen LogP contribution >= 0.6 is 11.3 Å². The number of benzene rings is 1. The van der Waals surface area contributed by atoms with Gasteiger partial charge in [0.1, 0.15) is 11.8 Å². The van der Waals surface area contributed by atoms with E-state index in [0.29, 0.717) is 24.2 Å². The van der Waals surface area contributed by atoms with E-state index in [1.54, 1.807) is 24.3 Å². The molecule has 1 amide bonds. The number of carbonyl (C=O) groups is 1. The Morgan fingerprint density at radius 2 is 2.33 bits per heavy atom. The topological polar surface area (TPSA) is 72.5 Å². The van der Waals surface area contributed by atoms with Crippen molar-refractivity contribution >= 4 is 33.3 Å². The number of amides is 1. The summed E-state index contributed by atoms with van der Waals surface area (Å²) >= 11 is 1.74. The molecule has 1 aliphatic rings. The van der Waals surface area contributed by atoms with Gasteiger partial charge in [-0.05, 0) is 19.1 Å². The number of nitrogens with zero attached hydrogens (tertiary/aromatic N) is 2. The number of anilines is 1. The molecule has 2 aromatic heterocycles. The number of thiazole rings is 1. The zero-order chi connectivity index (χ0) is 16.5. The van der Waals surface area contributed by atoms with Gasteiger partial charge in [-0.25, -0.2) is 4.98 Å². The van der Waals surface area contributed by atoms with Crippen LogP contribution in [0.1, 0.15) is 29.7 Å². The summed E-state index contributed by atoms with van der Waals surface area (Å²) in [6.07, 6.45) is 2.19. The molecule has 1 unspecified atom stereocenters. The van der Waals surface area contributed by atoms with Crippen molar-refractivity contribution in [3.05, 3.63) is 41.1 Å². The molecule has 0 bridgehead atoms. The fourth-order valence-electron chi connectivity index (χ4n) is 3.28. The van der Waals surface area contributed by atoms with Crippen LogP contribution in [0.15, 0.2) is 34.9 Å². The van der Waals surface area contributed by atoms with Gasteiger partial charge in [-0.2, -0.15) is 0 Å². The monoisotopic (exact) mass is 343 g/mol. The van der Waals surface area contributed by atoms with Crippen LogP contribution in [0.2, 0.25) is 0 Å². The van der Waals surface area contributed by atoms with Gasteiger partial charge in [0.15, 0.2) is 17.4 Å². The lowest BCUT2D eigenvalue weighted by Crippen LogP contribution is -3.11. The highest BCUT2D eigenvalue weighted by molar-refractivity contribution is 7.18. The molecule has 24 heavy (non-hydrogen) atoms. The van der Waals surface area contributed by atoms with E-state index in [0.717, 1.165) is 29.9 Å². The van der Waals surface area contributed by atoms with Crippen molar-refractivity contribution in [2.75, 3.05) is 18.4 Å². The molecule has 0 spiro atoms. The number of hydrogen-bond acceptors (Lipinski definition) is 5. The van der Waals surface area contributed by atoms with Crippen LogP contribution < -0.4 is 10.2 Å². The number of carbonyl (C=O) groups excluding carboxylic acids is 1. The van der Waals surface area contributed by atoms with Gasteiger partial charge in [-0.1, -0.05) is 17.3 Å². The van der Waals surface area contributed by atoms with Crippen molar-refractivity contribution in [3.63, 3.8) is 0 Å². The second-order valence-electron chi connectivity index (χ2n) is 6.17. The summed E-state index contributed by atoms with van der Waals surface area (Å²) in [6, 6.07) is 10.2. The lowest BCUT2D eigenvalue weighted by molar-refractivity contribution is -0.910. The zero-order valence-electron chi connectivity index (χ0n) is 13.4. The number of nitrogens with one attached hydrogen (secondary N) is 2. The molecular weight excluding hydrogens is 324 g/mol. The molecular formula is C17H19N4O2S+. The summed E-state index contributed by atoms with van der Waals surface area (Å²) in [5.41, 5.74) is 1.05. The molecule has 1 saturated heterocycles. The molecule has 124 valence electrons. The third kappa shape index (κ3) is 3.05. The van der Waals surface area contributed by atoms with Gasteiger partial charge >= 0.3 is 0 Å². The van der Waals surface area contributed by atoms with Crippen molar-refractivity contribution < 1.29 is 14.2 Å². The number of fused-ring (bicyclic) bond motifs is 1. The minimum absolute atomic E-state index is 0.0358. The maximum absolute atomic E-state index is 12.3. The van der Waals surface area contributed by atoms with Gasteiger partial charge in [-0.3, -0.25) is 4.79 Å². The van der Waals surface area contributed by atoms with E-state index in [1.807, 2.05) is 18.2 Å². The Morgan fingerprint density at radius 3 is 3.12 bits per heavy atom. The van der Waals surface area contributed by atoms with E-state index in [9.17, 15) is 4.79 Å². The number of para-hydroxylation sites is 1. The zero-order valence-corrected chi connectivity index (χ0v) is 14.2. The number of likely N-dealkylation sites (tertiary alicyclic amines) is 1. The van der Waals surface area contributed by atoms with E-state index in [1.165, 1.54) is 9.60 Å². The lowest BCUT2D eigenvalue weighted by Gasteiger charge is -2.18. The lowest BCUT2D eigenvalue weighted by atomic mass is 10.2. The predicted molar refractivity (Wildman–Crippen MR) is 92.2 cm³/mol. The van der Waals surface area contributed by atoms with Crippen LogP contribution in [0.25, 0.3) is 10.2 Å². The number of aromatic nitrogens is 2. The smallest absolute Gasteiger partial charge is 0.280 e. The molecule has 4 rings (SSSR count). The van der Waals surface area contributed by atoms with Gasteiger partial charge in [-0.15, -0.1) is 11.3 Å². The Hall–Kier alpha value is -2.25. The summed E-state index contributed by atoms with van der Waals surface area (Å²) in [7, 11) is 0. The summed E-state index contributed by atoms with van der Waals surface area (Å²) < 4.78 is 6.19. The van der Waals surface area contributed by atoms with Crippen molar-refractivity contribution in [1.29, 1.82) is 0 Å². The Labute approximate surface area is 143 Å². The highest BCUT2D eigenvalue weighted by atomic mass is 32.1. The standard InChI is InChI=1S/C17H18N4O2S/c1-11-9-15(20-23-11)19-16(22)10-21-8-4-6-13(21)17-18-12-5-2-3-7-14(12)24-17/h2-3,5,7,9,13H,4,6,8,10H2,1H3,(H,19,20,22)/p+1/t13-/m1/s1. The van der Waals surface area contributed by atoms with Gasteiger partial charge in [0.2, 0.25) is 0 Å². The fourth-order valence-corrected chi connectivity index (χ4v) is 4.44. The van der Waals surface area contributed by atoms with Crippen molar-refractivity contribution in [1.82, 2.24) is 10.1 Å². The van der Waals surface area contributed by atoms with Crippen molar-refractivity contribution in [2.45, 2.75) is 25.8 Å². The maximum atomic E-state index is 12.3. The third-order valence-corrected chi connectivity index (χ3v) is 5.53. The second-order valence-corrected chi connectivity index (χ2v) is 7.23. The van der Waals surface area contributed by atoms with Crippen LogP contribution in [0.4, 0.5) is 5.82 Å². The van der Waals surface area contributed by atoms with E-state index >= 15 is 0 Å². The van der Waals surface area contributed by atoms with E-state index in [2.05, 4.69) is 16.5 Å². The predicted octanol–water partition coefficient (Wildman–Crippen LogP) is 1.95.